The average Bonchev–Trinajstić information content (AvgIpc) is 2.85. The van der Waals surface area contributed by atoms with Crippen LogP contribution in [0.25, 0.3) is 0 Å². The molecule has 0 aliphatic rings. The molecule has 0 spiro atoms. The van der Waals surface area contributed by atoms with Crippen molar-refractivity contribution in [3.63, 3.8) is 0 Å². The highest BCUT2D eigenvalue weighted by Gasteiger charge is 1.95. The lowest BCUT2D eigenvalue weighted by Gasteiger charge is -2.08. The van der Waals surface area contributed by atoms with Crippen molar-refractivity contribution in [1.29, 1.82) is 0 Å². The van der Waals surface area contributed by atoms with Crippen LogP contribution < -0.4 is 0 Å². The van der Waals surface area contributed by atoms with Gasteiger partial charge in [-0.1, -0.05) is 76.9 Å². The third kappa shape index (κ3) is 31.5. The molecule has 0 saturated carbocycles. The van der Waals surface area contributed by atoms with Gasteiger partial charge in [-0.15, -0.1) is 0 Å². The van der Waals surface area contributed by atoms with E-state index in [0.717, 1.165) is 13.0 Å². The van der Waals surface area contributed by atoms with E-state index >= 15 is 0 Å². The Hall–Kier alpha value is -0.500. The van der Waals surface area contributed by atoms with Crippen LogP contribution in [-0.2, 0) is 23.7 Å². The van der Waals surface area contributed by atoms with E-state index in [0.29, 0.717) is 59.5 Å². The minimum atomic E-state index is 0.0476. The van der Waals surface area contributed by atoms with Gasteiger partial charge in [-0.3, -0.25) is 0 Å². The fourth-order valence-corrected chi connectivity index (χ4v) is 3.50. The molecule has 0 radical (unpaired) electrons. The Morgan fingerprint density at radius 1 is 0.412 bits per heavy atom. The monoisotopic (exact) mass is 488 g/mol. The molecule has 6 heteroatoms. The summed E-state index contributed by atoms with van der Waals surface area (Å²) in [5, 5.41) is 8.56. The van der Waals surface area contributed by atoms with E-state index in [-0.39, 0.29) is 6.61 Å². The molecule has 0 saturated heterocycles. The van der Waals surface area contributed by atoms with Crippen LogP contribution in [-0.4, -0.2) is 77.8 Å². The highest BCUT2D eigenvalue weighted by atomic mass is 16.6. The van der Waals surface area contributed by atoms with Crippen molar-refractivity contribution < 1.29 is 28.8 Å². The van der Waals surface area contributed by atoms with Gasteiger partial charge in [0.05, 0.1) is 66.1 Å². The lowest BCUT2D eigenvalue weighted by molar-refractivity contribution is -0.0134. The number of aliphatic hydroxyl groups excluding tert-OH is 1. The van der Waals surface area contributed by atoms with Crippen LogP contribution in [0.4, 0.5) is 0 Å². The van der Waals surface area contributed by atoms with Crippen molar-refractivity contribution in [2.75, 3.05) is 72.7 Å². The number of aliphatic hydroxyl groups is 1. The normalized spacial score (nSPS) is 11.7. The Balaban J connectivity index is 3.04. The van der Waals surface area contributed by atoms with Gasteiger partial charge in [0, 0.05) is 6.61 Å². The van der Waals surface area contributed by atoms with E-state index in [1.165, 1.54) is 83.5 Å². The Morgan fingerprint density at radius 2 is 0.765 bits per heavy atom. The van der Waals surface area contributed by atoms with Crippen molar-refractivity contribution in [2.45, 2.75) is 96.8 Å². The average molecular weight is 489 g/mol. The standard InChI is InChI=1S/C28H56O6/c1-2-3-4-5-6-7-8-9-10-11-12-13-14-15-16-17-19-30-21-23-32-25-27-34-28-26-33-24-22-31-20-18-29/h9-10,29H,2-8,11-28H2,1H3/b10-9+. The molecule has 0 aliphatic heterocycles. The second-order valence-corrected chi connectivity index (χ2v) is 8.72. The quantitative estimate of drug-likeness (QED) is 0.0973. The van der Waals surface area contributed by atoms with Crippen molar-refractivity contribution in [3.05, 3.63) is 12.2 Å². The Bertz CT molecular complexity index is 378. The fourth-order valence-electron chi connectivity index (χ4n) is 3.50. The summed E-state index contributed by atoms with van der Waals surface area (Å²) in [5.74, 6) is 0. The van der Waals surface area contributed by atoms with Gasteiger partial charge in [0.15, 0.2) is 0 Å². The van der Waals surface area contributed by atoms with Crippen molar-refractivity contribution in [2.24, 2.45) is 0 Å². The third-order valence-electron chi connectivity index (χ3n) is 5.52. The maximum atomic E-state index is 8.56. The maximum absolute atomic E-state index is 8.56. The number of hydrogen-bond acceptors (Lipinski definition) is 6. The van der Waals surface area contributed by atoms with E-state index < -0.39 is 0 Å². The summed E-state index contributed by atoms with van der Waals surface area (Å²) < 4.78 is 27.0. The summed E-state index contributed by atoms with van der Waals surface area (Å²) in [6.07, 6.45) is 23.4. The zero-order valence-electron chi connectivity index (χ0n) is 22.3. The predicted molar refractivity (Wildman–Crippen MR) is 141 cm³/mol. The van der Waals surface area contributed by atoms with E-state index in [1.54, 1.807) is 0 Å². The highest BCUT2D eigenvalue weighted by molar-refractivity contribution is 4.81. The second kappa shape index (κ2) is 32.5. The first-order valence-electron chi connectivity index (χ1n) is 14.1. The molecule has 0 aromatic heterocycles. The van der Waals surface area contributed by atoms with Gasteiger partial charge < -0.3 is 28.8 Å². The van der Waals surface area contributed by atoms with Crippen LogP contribution in [0, 0.1) is 0 Å². The van der Waals surface area contributed by atoms with Gasteiger partial charge in [-0.2, -0.15) is 0 Å². The van der Waals surface area contributed by atoms with Crippen molar-refractivity contribution >= 4 is 0 Å². The number of hydrogen-bond donors (Lipinski definition) is 1. The molecular formula is C28H56O6. The summed E-state index contributed by atoms with van der Waals surface area (Å²) >= 11 is 0. The van der Waals surface area contributed by atoms with Gasteiger partial charge in [-0.25, -0.2) is 0 Å². The number of unbranched alkanes of at least 4 members (excludes halogenated alkanes) is 12. The highest BCUT2D eigenvalue weighted by Crippen LogP contribution is 2.10. The smallest absolute Gasteiger partial charge is 0.0701 e. The molecule has 0 aromatic carbocycles. The molecule has 0 bridgehead atoms. The Kier molecular flexibility index (Phi) is 32.0. The number of allylic oxidation sites excluding steroid dienone is 2. The molecule has 0 unspecified atom stereocenters. The summed E-state index contributed by atoms with van der Waals surface area (Å²) in [4.78, 5) is 0. The SMILES string of the molecule is CCCCCCCC/C=C/CCCCCCCCOCCOCCOCCOCCOCCO. The first-order valence-corrected chi connectivity index (χ1v) is 14.1. The van der Waals surface area contributed by atoms with E-state index in [9.17, 15) is 0 Å². The minimum Gasteiger partial charge on any atom is -0.394 e. The molecule has 0 aromatic rings. The van der Waals surface area contributed by atoms with Gasteiger partial charge in [0.1, 0.15) is 0 Å². The maximum Gasteiger partial charge on any atom is 0.0701 e. The number of ether oxygens (including phenoxy) is 5. The van der Waals surface area contributed by atoms with Gasteiger partial charge >= 0.3 is 0 Å². The zero-order valence-corrected chi connectivity index (χ0v) is 22.3. The molecule has 0 atom stereocenters. The molecule has 204 valence electrons. The Labute approximate surface area is 210 Å². The molecule has 0 amide bonds. The van der Waals surface area contributed by atoms with Crippen LogP contribution in [0.2, 0.25) is 0 Å². The lowest BCUT2D eigenvalue weighted by atomic mass is 10.1. The fraction of sp³-hybridized carbons (Fsp3) is 0.929. The molecule has 1 N–H and O–H groups in total. The van der Waals surface area contributed by atoms with Crippen LogP contribution >= 0.6 is 0 Å². The van der Waals surface area contributed by atoms with Crippen LogP contribution in [0.1, 0.15) is 96.8 Å². The second-order valence-electron chi connectivity index (χ2n) is 8.72. The lowest BCUT2D eigenvalue weighted by Crippen LogP contribution is -2.13. The summed E-state index contributed by atoms with van der Waals surface area (Å²) in [6, 6.07) is 0. The molecule has 6 nitrogen and oxygen atoms in total. The largest absolute Gasteiger partial charge is 0.394 e. The van der Waals surface area contributed by atoms with Crippen LogP contribution in [0.5, 0.6) is 0 Å². The Morgan fingerprint density at radius 3 is 1.21 bits per heavy atom. The van der Waals surface area contributed by atoms with Gasteiger partial charge in [-0.05, 0) is 32.1 Å². The predicted octanol–water partition coefficient (Wildman–Crippen LogP) is 6.10. The number of rotatable bonds is 30. The molecule has 34 heavy (non-hydrogen) atoms. The molecule has 0 aliphatic carbocycles. The zero-order chi connectivity index (χ0) is 24.6. The van der Waals surface area contributed by atoms with Crippen molar-refractivity contribution in [3.8, 4) is 0 Å². The first kappa shape index (κ1) is 33.5. The van der Waals surface area contributed by atoms with E-state index in [2.05, 4.69) is 19.1 Å². The first-order chi connectivity index (χ1) is 16.9. The van der Waals surface area contributed by atoms with Crippen molar-refractivity contribution in [1.82, 2.24) is 0 Å². The molecule has 0 rings (SSSR count). The minimum absolute atomic E-state index is 0.0476. The third-order valence-corrected chi connectivity index (χ3v) is 5.52. The topological polar surface area (TPSA) is 66.4 Å². The summed E-state index contributed by atoms with van der Waals surface area (Å²) in [5.41, 5.74) is 0. The van der Waals surface area contributed by atoms with Crippen LogP contribution in [0.15, 0.2) is 12.2 Å². The van der Waals surface area contributed by atoms with E-state index in [4.69, 9.17) is 28.8 Å². The van der Waals surface area contributed by atoms with Gasteiger partial charge in [0.2, 0.25) is 0 Å². The molecule has 0 fully saturated rings. The summed E-state index contributed by atoms with van der Waals surface area (Å²) in [7, 11) is 0. The molecular weight excluding hydrogens is 432 g/mol. The van der Waals surface area contributed by atoms with Crippen LogP contribution in [0.3, 0.4) is 0 Å². The van der Waals surface area contributed by atoms with E-state index in [1.807, 2.05) is 0 Å². The summed E-state index contributed by atoms with van der Waals surface area (Å²) in [6.45, 7) is 8.06. The molecule has 0 heterocycles. The van der Waals surface area contributed by atoms with Gasteiger partial charge in [0.25, 0.3) is 0 Å².